The van der Waals surface area contributed by atoms with Crippen LogP contribution in [0.25, 0.3) is 0 Å². The Hall–Kier alpha value is -2.82. The number of hydrogen-bond donors (Lipinski definition) is 0. The second kappa shape index (κ2) is 8.74. The lowest BCUT2D eigenvalue weighted by Gasteiger charge is -2.44. The Bertz CT molecular complexity index is 972. The minimum absolute atomic E-state index is 0.149. The highest BCUT2D eigenvalue weighted by Crippen LogP contribution is 2.40. The van der Waals surface area contributed by atoms with E-state index in [1.807, 2.05) is 62.1 Å². The molecule has 4 rings (SSSR count). The van der Waals surface area contributed by atoms with E-state index in [-0.39, 0.29) is 11.7 Å². The van der Waals surface area contributed by atoms with E-state index < -0.39 is 5.60 Å². The molecular formula is C26H31NO4. The number of carbonyl (C=O) groups excluding carboxylic acids is 2. The van der Waals surface area contributed by atoms with Crippen molar-refractivity contribution in [3.05, 3.63) is 58.7 Å². The average molecular weight is 422 g/mol. The van der Waals surface area contributed by atoms with Crippen molar-refractivity contribution in [2.75, 3.05) is 19.7 Å². The molecule has 31 heavy (non-hydrogen) atoms. The summed E-state index contributed by atoms with van der Waals surface area (Å²) in [6.45, 7) is 7.88. The summed E-state index contributed by atoms with van der Waals surface area (Å²) >= 11 is 0. The van der Waals surface area contributed by atoms with Crippen molar-refractivity contribution >= 4 is 11.7 Å². The highest BCUT2D eigenvalue weighted by molar-refractivity contribution is 6.00. The van der Waals surface area contributed by atoms with Crippen LogP contribution in [-0.2, 0) is 4.79 Å². The van der Waals surface area contributed by atoms with Crippen LogP contribution in [-0.4, -0.2) is 41.9 Å². The lowest BCUT2D eigenvalue weighted by molar-refractivity contribution is -0.135. The zero-order valence-corrected chi connectivity index (χ0v) is 18.7. The summed E-state index contributed by atoms with van der Waals surface area (Å²) in [5, 5.41) is 0. The molecule has 1 saturated heterocycles. The molecule has 5 heteroatoms. The number of rotatable bonds is 5. The summed E-state index contributed by atoms with van der Waals surface area (Å²) in [5.74, 6) is 1.84. The Kier molecular flexibility index (Phi) is 6.03. The first-order chi connectivity index (χ1) is 14.8. The maximum Gasteiger partial charge on any atom is 0.222 e. The van der Waals surface area contributed by atoms with E-state index in [1.54, 1.807) is 0 Å². The lowest BCUT2D eigenvalue weighted by atomic mass is 9.82. The first-order valence-electron chi connectivity index (χ1n) is 11.2. The normalized spacial score (nSPS) is 17.3. The van der Waals surface area contributed by atoms with E-state index in [9.17, 15) is 9.59 Å². The summed E-state index contributed by atoms with van der Waals surface area (Å²) in [4.78, 5) is 27.3. The van der Waals surface area contributed by atoms with Gasteiger partial charge in [0.15, 0.2) is 5.78 Å². The number of ether oxygens (including phenoxy) is 2. The molecule has 1 spiro atoms. The highest BCUT2D eigenvalue weighted by atomic mass is 16.5. The molecule has 0 saturated carbocycles. The van der Waals surface area contributed by atoms with Gasteiger partial charge in [0.2, 0.25) is 5.91 Å². The maximum absolute atomic E-state index is 12.8. The van der Waals surface area contributed by atoms with Gasteiger partial charge in [-0.2, -0.15) is 0 Å². The smallest absolute Gasteiger partial charge is 0.222 e. The third kappa shape index (κ3) is 4.76. The van der Waals surface area contributed by atoms with Crippen LogP contribution >= 0.6 is 0 Å². The Morgan fingerprint density at radius 2 is 1.74 bits per heavy atom. The van der Waals surface area contributed by atoms with Gasteiger partial charge in [-0.1, -0.05) is 17.7 Å². The van der Waals surface area contributed by atoms with Gasteiger partial charge in [-0.05, 0) is 62.6 Å². The van der Waals surface area contributed by atoms with Gasteiger partial charge in [0.1, 0.15) is 17.1 Å². The number of carbonyl (C=O) groups is 2. The third-order valence-corrected chi connectivity index (χ3v) is 6.56. The maximum atomic E-state index is 12.8. The van der Waals surface area contributed by atoms with Gasteiger partial charge in [0, 0.05) is 32.4 Å². The SMILES string of the molecule is Cc1ccc(OCCCC(=O)N2CCC3(CC2)CC(=O)c2cc(C)c(C)cc2O3)cc1. The number of piperidine rings is 1. The van der Waals surface area contributed by atoms with Crippen LogP contribution in [0.15, 0.2) is 36.4 Å². The summed E-state index contributed by atoms with van der Waals surface area (Å²) in [6.07, 6.45) is 2.94. The molecule has 5 nitrogen and oxygen atoms in total. The molecule has 2 heterocycles. The molecule has 2 aliphatic rings. The first kappa shape index (κ1) is 21.4. The number of aryl methyl sites for hydroxylation is 3. The van der Waals surface area contributed by atoms with Crippen molar-refractivity contribution in [1.29, 1.82) is 0 Å². The van der Waals surface area contributed by atoms with Gasteiger partial charge in [0.05, 0.1) is 18.6 Å². The van der Waals surface area contributed by atoms with Gasteiger partial charge in [0.25, 0.3) is 0 Å². The van der Waals surface area contributed by atoms with E-state index in [0.717, 1.165) is 16.9 Å². The first-order valence-corrected chi connectivity index (χ1v) is 11.2. The van der Waals surface area contributed by atoms with Crippen molar-refractivity contribution in [2.24, 2.45) is 0 Å². The van der Waals surface area contributed by atoms with E-state index >= 15 is 0 Å². The number of Topliss-reactive ketones (excluding diaryl/α,β-unsaturated/α-hetero) is 1. The van der Waals surface area contributed by atoms with E-state index in [4.69, 9.17) is 9.47 Å². The second-order valence-corrected chi connectivity index (χ2v) is 8.96. The van der Waals surface area contributed by atoms with Crippen LogP contribution in [0.3, 0.4) is 0 Å². The molecule has 0 N–H and O–H groups in total. The zero-order chi connectivity index (χ0) is 22.0. The fraction of sp³-hybridized carbons (Fsp3) is 0.462. The summed E-state index contributed by atoms with van der Waals surface area (Å²) in [6, 6.07) is 11.9. The lowest BCUT2D eigenvalue weighted by Crippen LogP contribution is -2.52. The zero-order valence-electron chi connectivity index (χ0n) is 18.7. The molecule has 0 aromatic heterocycles. The van der Waals surface area contributed by atoms with Crippen LogP contribution in [0.1, 0.15) is 59.2 Å². The van der Waals surface area contributed by atoms with E-state index in [2.05, 4.69) is 0 Å². The fourth-order valence-electron chi connectivity index (χ4n) is 4.40. The van der Waals surface area contributed by atoms with Gasteiger partial charge < -0.3 is 14.4 Å². The molecular weight excluding hydrogens is 390 g/mol. The fourth-order valence-corrected chi connectivity index (χ4v) is 4.40. The van der Waals surface area contributed by atoms with Crippen molar-refractivity contribution in [3.8, 4) is 11.5 Å². The molecule has 0 aliphatic carbocycles. The Morgan fingerprint density at radius 1 is 1.06 bits per heavy atom. The number of likely N-dealkylation sites (tertiary alicyclic amines) is 1. The van der Waals surface area contributed by atoms with E-state index in [0.29, 0.717) is 63.1 Å². The van der Waals surface area contributed by atoms with Gasteiger partial charge in [-0.25, -0.2) is 0 Å². The minimum atomic E-state index is -0.475. The topological polar surface area (TPSA) is 55.8 Å². The van der Waals surface area contributed by atoms with E-state index in [1.165, 1.54) is 5.56 Å². The molecule has 2 aliphatic heterocycles. The molecule has 1 fully saturated rings. The van der Waals surface area contributed by atoms with Crippen LogP contribution < -0.4 is 9.47 Å². The predicted molar refractivity (Wildman–Crippen MR) is 120 cm³/mol. The van der Waals surface area contributed by atoms with Crippen molar-refractivity contribution in [1.82, 2.24) is 4.90 Å². The molecule has 164 valence electrons. The Morgan fingerprint density at radius 3 is 2.45 bits per heavy atom. The number of hydrogen-bond acceptors (Lipinski definition) is 4. The molecule has 0 radical (unpaired) electrons. The number of fused-ring (bicyclic) bond motifs is 1. The number of benzene rings is 2. The molecule has 2 aromatic rings. The van der Waals surface area contributed by atoms with Crippen LogP contribution in [0.4, 0.5) is 0 Å². The highest BCUT2D eigenvalue weighted by Gasteiger charge is 2.43. The molecule has 0 unspecified atom stereocenters. The predicted octanol–water partition coefficient (Wildman–Crippen LogP) is 4.80. The third-order valence-electron chi connectivity index (χ3n) is 6.56. The molecule has 0 atom stereocenters. The second-order valence-electron chi connectivity index (χ2n) is 8.96. The molecule has 2 aromatic carbocycles. The standard InChI is InChI=1S/C26H31NO4/c1-18-6-8-21(9-7-18)30-14-4-5-25(29)27-12-10-26(11-13-27)17-23(28)22-15-19(2)20(3)16-24(22)31-26/h6-9,15-16H,4-5,10-14,17H2,1-3H3. The summed E-state index contributed by atoms with van der Waals surface area (Å²) < 4.78 is 12.1. The minimum Gasteiger partial charge on any atom is -0.494 e. The molecule has 0 bridgehead atoms. The van der Waals surface area contributed by atoms with Crippen LogP contribution in [0, 0.1) is 20.8 Å². The average Bonchev–Trinajstić information content (AvgIpc) is 2.74. The number of ketones is 1. The summed E-state index contributed by atoms with van der Waals surface area (Å²) in [5.41, 5.74) is 3.66. The van der Waals surface area contributed by atoms with Crippen molar-refractivity contribution in [2.45, 2.75) is 58.5 Å². The quantitative estimate of drug-likeness (QED) is 0.651. The van der Waals surface area contributed by atoms with Crippen LogP contribution in [0.2, 0.25) is 0 Å². The van der Waals surface area contributed by atoms with Crippen LogP contribution in [0.5, 0.6) is 11.5 Å². The molecule has 1 amide bonds. The van der Waals surface area contributed by atoms with Gasteiger partial charge >= 0.3 is 0 Å². The van der Waals surface area contributed by atoms with Gasteiger partial charge in [-0.3, -0.25) is 9.59 Å². The van der Waals surface area contributed by atoms with Crippen molar-refractivity contribution < 1.29 is 19.1 Å². The number of amides is 1. The van der Waals surface area contributed by atoms with Gasteiger partial charge in [-0.15, -0.1) is 0 Å². The monoisotopic (exact) mass is 421 g/mol. The van der Waals surface area contributed by atoms with Crippen molar-refractivity contribution in [3.63, 3.8) is 0 Å². The number of nitrogens with zero attached hydrogens (tertiary/aromatic N) is 1. The largest absolute Gasteiger partial charge is 0.494 e. The summed E-state index contributed by atoms with van der Waals surface area (Å²) in [7, 11) is 0. The Labute approximate surface area is 184 Å². The Balaban J connectivity index is 1.27.